The van der Waals surface area contributed by atoms with Gasteiger partial charge in [-0.05, 0) is 31.9 Å². The Labute approximate surface area is 169 Å². The summed E-state index contributed by atoms with van der Waals surface area (Å²) < 4.78 is 23.8. The SMILES string of the molecule is CCCCN(C(=O)c1sc(-c2ccc(Cl)cc2)nc1C)C1CCS(=O)(=O)C1. The second-order valence-electron chi connectivity index (χ2n) is 6.85. The Balaban J connectivity index is 1.88. The van der Waals surface area contributed by atoms with Crippen molar-refractivity contribution in [3.63, 3.8) is 0 Å². The molecule has 1 unspecified atom stereocenters. The Kier molecular flexibility index (Phi) is 6.23. The molecule has 0 aliphatic carbocycles. The van der Waals surface area contributed by atoms with Crippen LogP contribution in [0.4, 0.5) is 0 Å². The Hall–Kier alpha value is -1.44. The van der Waals surface area contributed by atoms with E-state index in [9.17, 15) is 13.2 Å². The number of unbranched alkanes of at least 4 members (excludes halogenated alkanes) is 1. The Morgan fingerprint density at radius 1 is 1.33 bits per heavy atom. The van der Waals surface area contributed by atoms with Crippen molar-refractivity contribution in [3.8, 4) is 10.6 Å². The van der Waals surface area contributed by atoms with Gasteiger partial charge in [0.1, 0.15) is 9.88 Å². The molecule has 2 aromatic rings. The van der Waals surface area contributed by atoms with E-state index in [1.54, 1.807) is 17.0 Å². The van der Waals surface area contributed by atoms with E-state index < -0.39 is 9.84 Å². The van der Waals surface area contributed by atoms with Gasteiger partial charge in [-0.15, -0.1) is 11.3 Å². The van der Waals surface area contributed by atoms with E-state index in [0.29, 0.717) is 28.6 Å². The number of benzene rings is 1. The average molecular weight is 427 g/mol. The van der Waals surface area contributed by atoms with Crippen LogP contribution in [-0.2, 0) is 9.84 Å². The molecular formula is C19H23ClN2O3S2. The van der Waals surface area contributed by atoms with Crippen LogP contribution in [0.5, 0.6) is 0 Å². The summed E-state index contributed by atoms with van der Waals surface area (Å²) in [5, 5.41) is 1.42. The molecule has 0 saturated carbocycles. The van der Waals surface area contributed by atoms with Crippen LogP contribution in [0.1, 0.15) is 41.6 Å². The predicted octanol–water partition coefficient (Wildman–Crippen LogP) is 4.20. The number of amides is 1. The third kappa shape index (κ3) is 4.70. The molecule has 0 radical (unpaired) electrons. The molecule has 1 aliphatic heterocycles. The molecule has 1 aromatic heterocycles. The lowest BCUT2D eigenvalue weighted by molar-refractivity contribution is 0.0698. The van der Waals surface area contributed by atoms with Crippen molar-refractivity contribution in [2.75, 3.05) is 18.1 Å². The van der Waals surface area contributed by atoms with Gasteiger partial charge < -0.3 is 4.90 Å². The molecule has 1 aromatic carbocycles. The number of carbonyl (C=O) groups is 1. The highest BCUT2D eigenvalue weighted by atomic mass is 35.5. The molecule has 2 heterocycles. The lowest BCUT2D eigenvalue weighted by atomic mass is 10.2. The van der Waals surface area contributed by atoms with Crippen LogP contribution in [-0.4, -0.2) is 48.3 Å². The summed E-state index contributed by atoms with van der Waals surface area (Å²) in [5.41, 5.74) is 1.59. The van der Waals surface area contributed by atoms with Crippen molar-refractivity contribution < 1.29 is 13.2 Å². The first-order chi connectivity index (χ1) is 12.8. The van der Waals surface area contributed by atoms with Crippen molar-refractivity contribution >= 4 is 38.7 Å². The van der Waals surface area contributed by atoms with E-state index in [4.69, 9.17) is 11.6 Å². The van der Waals surface area contributed by atoms with Gasteiger partial charge in [0.25, 0.3) is 5.91 Å². The molecule has 1 aliphatic rings. The van der Waals surface area contributed by atoms with Crippen LogP contribution in [0.25, 0.3) is 10.6 Å². The Morgan fingerprint density at radius 3 is 2.63 bits per heavy atom. The minimum absolute atomic E-state index is 0.0599. The first-order valence-corrected chi connectivity index (χ1v) is 12.1. The van der Waals surface area contributed by atoms with Crippen molar-refractivity contribution in [2.24, 2.45) is 0 Å². The largest absolute Gasteiger partial charge is 0.334 e. The highest BCUT2D eigenvalue weighted by Gasteiger charge is 2.35. The molecule has 0 bridgehead atoms. The van der Waals surface area contributed by atoms with Gasteiger partial charge in [-0.1, -0.05) is 37.1 Å². The van der Waals surface area contributed by atoms with E-state index in [1.807, 2.05) is 19.1 Å². The van der Waals surface area contributed by atoms with Gasteiger partial charge >= 0.3 is 0 Å². The van der Waals surface area contributed by atoms with Gasteiger partial charge in [-0.2, -0.15) is 0 Å². The van der Waals surface area contributed by atoms with Crippen LogP contribution in [0.15, 0.2) is 24.3 Å². The van der Waals surface area contributed by atoms with E-state index in [1.165, 1.54) is 11.3 Å². The number of aromatic nitrogens is 1. The van der Waals surface area contributed by atoms with Gasteiger partial charge in [0.05, 0.1) is 17.2 Å². The molecule has 1 atom stereocenters. The standard InChI is InChI=1S/C19H23ClN2O3S2/c1-3-4-10-22(16-9-11-27(24,25)12-16)19(23)17-13(2)21-18(26-17)14-5-7-15(20)8-6-14/h5-8,16H,3-4,9-12H2,1-2H3. The normalized spacial score (nSPS) is 18.6. The number of sulfone groups is 1. The van der Waals surface area contributed by atoms with Crippen molar-refractivity contribution in [2.45, 2.75) is 39.2 Å². The summed E-state index contributed by atoms with van der Waals surface area (Å²) in [6.07, 6.45) is 2.31. The van der Waals surface area contributed by atoms with E-state index in [-0.39, 0.29) is 23.5 Å². The topological polar surface area (TPSA) is 67.3 Å². The van der Waals surface area contributed by atoms with E-state index in [2.05, 4.69) is 11.9 Å². The number of aryl methyl sites for hydroxylation is 1. The quantitative estimate of drug-likeness (QED) is 0.694. The summed E-state index contributed by atoms with van der Waals surface area (Å²) in [6.45, 7) is 4.46. The van der Waals surface area contributed by atoms with Crippen LogP contribution in [0, 0.1) is 6.92 Å². The van der Waals surface area contributed by atoms with Crippen LogP contribution < -0.4 is 0 Å². The number of hydrogen-bond donors (Lipinski definition) is 0. The second-order valence-corrected chi connectivity index (χ2v) is 10.5. The highest BCUT2D eigenvalue weighted by molar-refractivity contribution is 7.91. The van der Waals surface area contributed by atoms with Gasteiger partial charge in [0.15, 0.2) is 9.84 Å². The summed E-state index contributed by atoms with van der Waals surface area (Å²) in [5.74, 6) is 0.107. The average Bonchev–Trinajstić information content (AvgIpc) is 3.18. The van der Waals surface area contributed by atoms with Gasteiger partial charge in [-0.25, -0.2) is 13.4 Å². The molecular weight excluding hydrogens is 404 g/mol. The van der Waals surface area contributed by atoms with Gasteiger partial charge in [0.2, 0.25) is 0 Å². The first kappa shape index (κ1) is 20.3. The van der Waals surface area contributed by atoms with Crippen LogP contribution >= 0.6 is 22.9 Å². The molecule has 1 amide bonds. The molecule has 0 spiro atoms. The smallest absolute Gasteiger partial charge is 0.266 e. The third-order valence-corrected chi connectivity index (χ3v) is 7.94. The molecule has 1 saturated heterocycles. The monoisotopic (exact) mass is 426 g/mol. The maximum atomic E-state index is 13.2. The van der Waals surface area contributed by atoms with Crippen molar-refractivity contribution in [1.82, 2.24) is 9.88 Å². The highest BCUT2D eigenvalue weighted by Crippen LogP contribution is 2.31. The van der Waals surface area contributed by atoms with Crippen molar-refractivity contribution in [1.29, 1.82) is 0 Å². The number of nitrogens with zero attached hydrogens (tertiary/aromatic N) is 2. The number of thiazole rings is 1. The minimum atomic E-state index is -3.05. The maximum Gasteiger partial charge on any atom is 0.266 e. The second kappa shape index (κ2) is 8.29. The van der Waals surface area contributed by atoms with Gasteiger partial charge in [0, 0.05) is 23.2 Å². The zero-order chi connectivity index (χ0) is 19.6. The molecule has 0 N–H and O–H groups in total. The Morgan fingerprint density at radius 2 is 2.04 bits per heavy atom. The summed E-state index contributed by atoms with van der Waals surface area (Å²) in [7, 11) is -3.05. The fraction of sp³-hybridized carbons (Fsp3) is 0.474. The molecule has 5 nitrogen and oxygen atoms in total. The molecule has 8 heteroatoms. The fourth-order valence-corrected chi connectivity index (χ4v) is 6.13. The Bertz CT molecular complexity index is 923. The molecule has 3 rings (SSSR count). The maximum absolute atomic E-state index is 13.2. The fourth-order valence-electron chi connectivity index (χ4n) is 3.24. The zero-order valence-corrected chi connectivity index (χ0v) is 17.8. The zero-order valence-electron chi connectivity index (χ0n) is 15.4. The van der Waals surface area contributed by atoms with Crippen LogP contribution in [0.3, 0.4) is 0 Å². The minimum Gasteiger partial charge on any atom is -0.334 e. The molecule has 1 fully saturated rings. The number of hydrogen-bond acceptors (Lipinski definition) is 5. The summed E-state index contributed by atoms with van der Waals surface area (Å²) in [4.78, 5) is 20.1. The van der Waals surface area contributed by atoms with Crippen LogP contribution in [0.2, 0.25) is 5.02 Å². The number of carbonyl (C=O) groups excluding carboxylic acids is 1. The third-order valence-electron chi connectivity index (χ3n) is 4.74. The van der Waals surface area contributed by atoms with E-state index >= 15 is 0 Å². The summed E-state index contributed by atoms with van der Waals surface area (Å²) in [6, 6.07) is 7.12. The molecule has 146 valence electrons. The van der Waals surface area contributed by atoms with Gasteiger partial charge in [-0.3, -0.25) is 4.79 Å². The number of rotatable bonds is 6. The predicted molar refractivity (Wildman–Crippen MR) is 110 cm³/mol. The van der Waals surface area contributed by atoms with E-state index in [0.717, 1.165) is 23.4 Å². The van der Waals surface area contributed by atoms with Crippen molar-refractivity contribution in [3.05, 3.63) is 39.9 Å². The first-order valence-electron chi connectivity index (χ1n) is 9.05. The molecule has 27 heavy (non-hydrogen) atoms. The summed E-state index contributed by atoms with van der Waals surface area (Å²) >= 11 is 7.30. The lowest BCUT2D eigenvalue weighted by Crippen LogP contribution is -2.41. The number of halogens is 1. The lowest BCUT2D eigenvalue weighted by Gasteiger charge is -2.28.